The van der Waals surface area contributed by atoms with Gasteiger partial charge in [0.1, 0.15) is 0 Å². The number of carboxylic acid groups (broad SMARTS) is 1. The maximum atomic E-state index is 11.1. The normalized spacial score (nSPS) is 10.2. The topological polar surface area (TPSA) is 103 Å². The molecule has 0 amide bonds. The molecule has 2 aromatic rings. The number of nitro groups is 1. The molecule has 98 valence electrons. The Morgan fingerprint density at radius 2 is 2.26 bits per heavy atom. The van der Waals surface area contributed by atoms with Crippen molar-refractivity contribution in [2.24, 2.45) is 0 Å². The minimum Gasteiger partial charge on any atom is -0.449 e. The number of hydrogen-bond acceptors (Lipinski definition) is 6. The van der Waals surface area contributed by atoms with Gasteiger partial charge in [0.15, 0.2) is 0 Å². The molecule has 1 aromatic heterocycles. The minimum absolute atomic E-state index is 0.289. The molecule has 0 atom stereocenters. The minimum atomic E-state index is -1.59. The lowest BCUT2D eigenvalue weighted by Crippen LogP contribution is -2.06. The van der Waals surface area contributed by atoms with Gasteiger partial charge in [0.05, 0.1) is 15.3 Å². The molecule has 7 nitrogen and oxygen atoms in total. The van der Waals surface area contributed by atoms with E-state index >= 15 is 0 Å². The number of nitrogens with zero attached hydrogens (tertiary/aromatic N) is 2. The van der Waals surface area contributed by atoms with Gasteiger partial charge < -0.3 is 9.84 Å². The lowest BCUT2D eigenvalue weighted by Gasteiger charge is -2.07. The first-order valence-corrected chi connectivity index (χ1v) is 5.96. The maximum absolute atomic E-state index is 11.1. The van der Waals surface area contributed by atoms with Crippen molar-refractivity contribution < 1.29 is 19.6 Å². The number of aromatic nitrogens is 1. The van der Waals surface area contributed by atoms with Crippen molar-refractivity contribution in [3.8, 4) is 16.2 Å². The summed E-state index contributed by atoms with van der Waals surface area (Å²) >= 11 is 1.34. The van der Waals surface area contributed by atoms with Crippen LogP contribution in [0, 0.1) is 17.0 Å². The Morgan fingerprint density at radius 1 is 1.53 bits per heavy atom. The highest BCUT2D eigenvalue weighted by Crippen LogP contribution is 2.38. The summed E-state index contributed by atoms with van der Waals surface area (Å²) in [5.74, 6) is -0.289. The molecule has 0 aliphatic carbocycles. The number of nitro benzene ring substituents is 1. The smallest absolute Gasteiger partial charge is 0.449 e. The first-order chi connectivity index (χ1) is 9.00. The summed E-state index contributed by atoms with van der Waals surface area (Å²) in [6, 6.07) is 2.85. The average Bonchev–Trinajstić information content (AvgIpc) is 2.81. The molecule has 19 heavy (non-hydrogen) atoms. The highest BCUT2D eigenvalue weighted by Gasteiger charge is 2.24. The quantitative estimate of drug-likeness (QED) is 0.401. The van der Waals surface area contributed by atoms with Gasteiger partial charge in [-0.2, -0.15) is 0 Å². The highest BCUT2D eigenvalue weighted by atomic mass is 32.1. The van der Waals surface area contributed by atoms with Crippen molar-refractivity contribution in [3.05, 3.63) is 39.5 Å². The molecular weight excluding hydrogens is 272 g/mol. The van der Waals surface area contributed by atoms with E-state index in [-0.39, 0.29) is 11.4 Å². The van der Waals surface area contributed by atoms with Gasteiger partial charge in [-0.1, -0.05) is 0 Å². The van der Waals surface area contributed by atoms with E-state index in [0.29, 0.717) is 11.1 Å². The summed E-state index contributed by atoms with van der Waals surface area (Å²) in [5, 5.41) is 19.6. The number of thiazole rings is 1. The predicted molar refractivity (Wildman–Crippen MR) is 67.6 cm³/mol. The summed E-state index contributed by atoms with van der Waals surface area (Å²) in [4.78, 5) is 25.6. The van der Waals surface area contributed by atoms with Crippen molar-refractivity contribution in [2.45, 2.75) is 6.92 Å². The first kappa shape index (κ1) is 13.0. The molecule has 0 saturated carbocycles. The van der Waals surface area contributed by atoms with Crippen LogP contribution in [0.5, 0.6) is 5.75 Å². The fourth-order valence-corrected chi connectivity index (χ4v) is 2.40. The van der Waals surface area contributed by atoms with Gasteiger partial charge in [-0.3, -0.25) is 15.1 Å². The van der Waals surface area contributed by atoms with Gasteiger partial charge in [0.2, 0.25) is 5.75 Å². The molecule has 1 N–H and O–H groups in total. The number of ether oxygens (including phenoxy) is 1. The lowest BCUT2D eigenvalue weighted by molar-refractivity contribution is -0.386. The van der Waals surface area contributed by atoms with Gasteiger partial charge in [-0.15, -0.1) is 11.3 Å². The van der Waals surface area contributed by atoms with Crippen molar-refractivity contribution >= 4 is 23.2 Å². The van der Waals surface area contributed by atoms with E-state index in [1.165, 1.54) is 17.4 Å². The third kappa shape index (κ3) is 2.52. The molecule has 0 unspecified atom stereocenters. The molecule has 1 heterocycles. The first-order valence-electron chi connectivity index (χ1n) is 5.08. The zero-order valence-electron chi connectivity index (χ0n) is 9.69. The number of hydrogen-bond donors (Lipinski definition) is 1. The van der Waals surface area contributed by atoms with Crippen molar-refractivity contribution in [3.63, 3.8) is 0 Å². The molecule has 2 rings (SSSR count). The Hall–Kier alpha value is -2.48. The van der Waals surface area contributed by atoms with Crippen LogP contribution < -0.4 is 4.74 Å². The Kier molecular flexibility index (Phi) is 3.43. The van der Waals surface area contributed by atoms with Crippen LogP contribution in [0.3, 0.4) is 0 Å². The number of carbonyl (C=O) groups is 1. The van der Waals surface area contributed by atoms with Gasteiger partial charge in [-0.25, -0.2) is 4.79 Å². The lowest BCUT2D eigenvalue weighted by atomic mass is 10.1. The third-order valence-corrected chi connectivity index (χ3v) is 3.28. The van der Waals surface area contributed by atoms with Crippen molar-refractivity contribution in [1.29, 1.82) is 0 Å². The summed E-state index contributed by atoms with van der Waals surface area (Å²) in [6.07, 6.45) is 0.00194. The van der Waals surface area contributed by atoms with Crippen LogP contribution in [-0.2, 0) is 0 Å². The molecule has 1 aromatic carbocycles. The standard InChI is InChI=1S/C11H8N2O5S/c1-6-7(9-4-12-5-19-9)2-3-8(18-11(14)15)10(6)13(16)17/h2-5H,1H3,(H,14,15). The average molecular weight is 280 g/mol. The Labute approximate surface area is 111 Å². The van der Waals surface area contributed by atoms with E-state index < -0.39 is 11.1 Å². The van der Waals surface area contributed by atoms with Crippen molar-refractivity contribution in [1.82, 2.24) is 4.98 Å². The van der Waals surface area contributed by atoms with Crippen LogP contribution in [0.25, 0.3) is 10.4 Å². The fraction of sp³-hybridized carbons (Fsp3) is 0.0909. The van der Waals surface area contributed by atoms with Crippen LogP contribution in [0.15, 0.2) is 23.8 Å². The highest BCUT2D eigenvalue weighted by molar-refractivity contribution is 7.13. The molecule has 0 fully saturated rings. The maximum Gasteiger partial charge on any atom is 0.511 e. The predicted octanol–water partition coefficient (Wildman–Crippen LogP) is 3.08. The molecule has 0 saturated heterocycles. The Morgan fingerprint density at radius 3 is 2.79 bits per heavy atom. The van der Waals surface area contributed by atoms with Gasteiger partial charge >= 0.3 is 11.8 Å². The van der Waals surface area contributed by atoms with Gasteiger partial charge in [0, 0.05) is 17.3 Å². The van der Waals surface area contributed by atoms with E-state index in [0.717, 1.165) is 4.88 Å². The zero-order chi connectivity index (χ0) is 14.0. The van der Waals surface area contributed by atoms with E-state index in [4.69, 9.17) is 5.11 Å². The number of benzene rings is 1. The molecule has 0 aliphatic heterocycles. The summed E-state index contributed by atoms with van der Waals surface area (Å²) in [6.45, 7) is 1.54. The van der Waals surface area contributed by atoms with Gasteiger partial charge in [-0.05, 0) is 19.1 Å². The van der Waals surface area contributed by atoms with E-state index in [1.54, 1.807) is 24.7 Å². The van der Waals surface area contributed by atoms with E-state index in [2.05, 4.69) is 9.72 Å². The van der Waals surface area contributed by atoms with Gasteiger partial charge in [0.25, 0.3) is 0 Å². The molecule has 0 radical (unpaired) electrons. The van der Waals surface area contributed by atoms with Crippen LogP contribution in [0.1, 0.15) is 5.56 Å². The largest absolute Gasteiger partial charge is 0.511 e. The van der Waals surface area contributed by atoms with E-state index in [9.17, 15) is 14.9 Å². The Balaban J connectivity index is 2.60. The monoisotopic (exact) mass is 280 g/mol. The number of rotatable bonds is 3. The SMILES string of the molecule is Cc1c(-c2cncs2)ccc(OC(=O)O)c1[N+](=O)[O-]. The molecule has 0 bridgehead atoms. The molecular formula is C11H8N2O5S. The second-order valence-corrected chi connectivity index (χ2v) is 4.46. The van der Waals surface area contributed by atoms with E-state index in [1.807, 2.05) is 0 Å². The summed E-state index contributed by atoms with van der Waals surface area (Å²) in [7, 11) is 0. The molecule has 0 spiro atoms. The zero-order valence-corrected chi connectivity index (χ0v) is 10.5. The van der Waals surface area contributed by atoms with Crippen LogP contribution in [0.2, 0.25) is 0 Å². The molecule has 8 heteroatoms. The summed E-state index contributed by atoms with van der Waals surface area (Å²) < 4.78 is 4.42. The van der Waals surface area contributed by atoms with Crippen molar-refractivity contribution in [2.75, 3.05) is 0 Å². The van der Waals surface area contributed by atoms with Crippen LogP contribution >= 0.6 is 11.3 Å². The second kappa shape index (κ2) is 5.02. The molecule has 0 aliphatic rings. The van der Waals surface area contributed by atoms with Crippen LogP contribution in [-0.4, -0.2) is 21.2 Å². The summed E-state index contributed by atoms with van der Waals surface area (Å²) in [5.41, 5.74) is 2.23. The van der Waals surface area contributed by atoms with Crippen LogP contribution in [0.4, 0.5) is 10.5 Å². The Bertz CT molecular complexity index is 639. The third-order valence-electron chi connectivity index (χ3n) is 2.47. The second-order valence-electron chi connectivity index (χ2n) is 3.58. The fourth-order valence-electron chi connectivity index (χ4n) is 1.69.